The smallest absolute Gasteiger partial charge is 0.431 e. The zero-order valence-electron chi connectivity index (χ0n) is 20.3. The van der Waals surface area contributed by atoms with Crippen molar-refractivity contribution >= 4 is 5.91 Å². The SMILES string of the molecule is COc1cc(C(=O)N2CC[C@@]3(C[C@@H]2C)c2ccc(C(F)(F)F)n2CCN3C)ccc1OC(C)C. The Morgan fingerprint density at radius 2 is 1.85 bits per heavy atom. The van der Waals surface area contributed by atoms with E-state index >= 15 is 0 Å². The summed E-state index contributed by atoms with van der Waals surface area (Å²) in [6.07, 6.45) is -3.30. The van der Waals surface area contributed by atoms with Crippen molar-refractivity contribution in [1.82, 2.24) is 14.4 Å². The van der Waals surface area contributed by atoms with Crippen molar-refractivity contribution in [3.05, 3.63) is 47.3 Å². The van der Waals surface area contributed by atoms with Crippen LogP contribution in [0.15, 0.2) is 30.3 Å². The zero-order chi connectivity index (χ0) is 24.8. The Bertz CT molecular complexity index is 1070. The van der Waals surface area contributed by atoms with Crippen molar-refractivity contribution in [2.45, 2.75) is 64.0 Å². The molecule has 1 aromatic carbocycles. The number of aromatic nitrogens is 1. The first-order valence-corrected chi connectivity index (χ1v) is 11.6. The number of fused-ring (bicyclic) bond motifs is 2. The molecular weight excluding hydrogens is 447 g/mol. The van der Waals surface area contributed by atoms with E-state index in [9.17, 15) is 18.0 Å². The first kappa shape index (κ1) is 24.4. The lowest BCUT2D eigenvalue weighted by Crippen LogP contribution is -2.59. The van der Waals surface area contributed by atoms with Gasteiger partial charge in [-0.05, 0) is 71.0 Å². The number of likely N-dealkylation sites (tertiary alicyclic amines) is 1. The number of alkyl halides is 3. The van der Waals surface area contributed by atoms with Gasteiger partial charge in [-0.3, -0.25) is 9.69 Å². The molecule has 9 heteroatoms. The summed E-state index contributed by atoms with van der Waals surface area (Å²) >= 11 is 0. The normalized spacial score (nSPS) is 23.3. The van der Waals surface area contributed by atoms with Crippen LogP contribution < -0.4 is 9.47 Å². The number of methoxy groups -OCH3 is 1. The molecule has 34 heavy (non-hydrogen) atoms. The molecule has 0 bridgehead atoms. The number of hydrogen-bond acceptors (Lipinski definition) is 4. The molecule has 0 aliphatic carbocycles. The molecular formula is C25H32F3N3O3. The van der Waals surface area contributed by atoms with Crippen LogP contribution in [0.4, 0.5) is 13.2 Å². The standard InChI is InChI=1S/C25H32F3N3O3/c1-16(2)34-19-7-6-18(14-20(19)33-5)23(32)30-11-10-24(15-17(30)3)21-8-9-22(25(26,27)28)31(21)13-12-29(24)4/h6-9,14,16-17H,10-13,15H2,1-5H3/t17-,24+/m0/s1. The van der Waals surface area contributed by atoms with E-state index in [1.54, 1.807) is 24.3 Å². The van der Waals surface area contributed by atoms with E-state index in [-0.39, 0.29) is 18.1 Å². The third-order valence-electron chi connectivity index (χ3n) is 7.10. The first-order valence-electron chi connectivity index (χ1n) is 11.6. The second kappa shape index (κ2) is 8.83. The number of rotatable bonds is 4. The van der Waals surface area contributed by atoms with Crippen LogP contribution in [-0.4, -0.2) is 59.7 Å². The molecule has 186 valence electrons. The minimum Gasteiger partial charge on any atom is -0.493 e. The fourth-order valence-electron chi connectivity index (χ4n) is 5.45. The maximum Gasteiger partial charge on any atom is 0.431 e. The number of carbonyl (C=O) groups is 1. The van der Waals surface area contributed by atoms with Crippen LogP contribution in [0, 0.1) is 0 Å². The summed E-state index contributed by atoms with van der Waals surface area (Å²) in [4.78, 5) is 17.4. The lowest BCUT2D eigenvalue weighted by Gasteiger charge is -2.53. The summed E-state index contributed by atoms with van der Waals surface area (Å²) in [6.45, 7) is 7.08. The predicted molar refractivity (Wildman–Crippen MR) is 122 cm³/mol. The van der Waals surface area contributed by atoms with Crippen molar-refractivity contribution in [2.24, 2.45) is 0 Å². The van der Waals surface area contributed by atoms with Gasteiger partial charge in [0.25, 0.3) is 5.91 Å². The monoisotopic (exact) mass is 479 g/mol. The van der Waals surface area contributed by atoms with Crippen LogP contribution in [-0.2, 0) is 18.3 Å². The third kappa shape index (κ3) is 4.15. The van der Waals surface area contributed by atoms with Gasteiger partial charge in [0.05, 0.1) is 18.8 Å². The van der Waals surface area contributed by atoms with Gasteiger partial charge in [-0.25, -0.2) is 0 Å². The highest BCUT2D eigenvalue weighted by Crippen LogP contribution is 2.45. The Labute approximate surface area is 198 Å². The summed E-state index contributed by atoms with van der Waals surface area (Å²) in [5.74, 6) is 0.941. The van der Waals surface area contributed by atoms with Gasteiger partial charge >= 0.3 is 6.18 Å². The maximum absolute atomic E-state index is 13.5. The molecule has 1 fully saturated rings. The predicted octanol–water partition coefficient (Wildman–Crippen LogP) is 4.77. The summed E-state index contributed by atoms with van der Waals surface area (Å²) in [7, 11) is 3.50. The molecule has 1 amide bonds. The maximum atomic E-state index is 13.5. The van der Waals surface area contributed by atoms with Crippen LogP contribution >= 0.6 is 0 Å². The lowest BCUT2D eigenvalue weighted by atomic mass is 9.78. The molecule has 1 saturated heterocycles. The van der Waals surface area contributed by atoms with E-state index in [1.165, 1.54) is 17.7 Å². The van der Waals surface area contributed by atoms with Gasteiger partial charge in [0.2, 0.25) is 0 Å². The van der Waals surface area contributed by atoms with Gasteiger partial charge < -0.3 is 18.9 Å². The van der Waals surface area contributed by atoms with Gasteiger partial charge in [0.1, 0.15) is 5.69 Å². The Kier molecular flexibility index (Phi) is 6.35. The molecule has 0 radical (unpaired) electrons. The van der Waals surface area contributed by atoms with E-state index in [4.69, 9.17) is 9.47 Å². The van der Waals surface area contributed by atoms with Crippen molar-refractivity contribution in [2.75, 3.05) is 27.2 Å². The summed E-state index contributed by atoms with van der Waals surface area (Å²) < 4.78 is 53.2. The van der Waals surface area contributed by atoms with E-state index in [0.717, 1.165) is 0 Å². The Morgan fingerprint density at radius 1 is 1.12 bits per heavy atom. The number of ether oxygens (including phenoxy) is 2. The molecule has 0 N–H and O–H groups in total. The molecule has 2 aliphatic rings. The van der Waals surface area contributed by atoms with E-state index in [0.29, 0.717) is 55.2 Å². The minimum atomic E-state index is -4.39. The molecule has 3 heterocycles. The third-order valence-corrected chi connectivity index (χ3v) is 7.10. The second-order valence-electron chi connectivity index (χ2n) is 9.54. The van der Waals surface area contributed by atoms with Gasteiger partial charge in [-0.1, -0.05) is 0 Å². The molecule has 6 nitrogen and oxygen atoms in total. The molecule has 2 aromatic rings. The summed E-state index contributed by atoms with van der Waals surface area (Å²) in [6, 6.07) is 7.80. The Balaban J connectivity index is 1.59. The molecule has 0 unspecified atom stereocenters. The fourth-order valence-corrected chi connectivity index (χ4v) is 5.45. The largest absolute Gasteiger partial charge is 0.493 e. The second-order valence-corrected chi connectivity index (χ2v) is 9.54. The van der Waals surface area contributed by atoms with Crippen LogP contribution in [0.2, 0.25) is 0 Å². The number of nitrogens with zero attached hydrogens (tertiary/aromatic N) is 3. The van der Waals surface area contributed by atoms with Crippen LogP contribution in [0.5, 0.6) is 11.5 Å². The number of amides is 1. The average molecular weight is 480 g/mol. The number of benzene rings is 1. The van der Waals surface area contributed by atoms with Crippen molar-refractivity contribution < 1.29 is 27.4 Å². The van der Waals surface area contributed by atoms with Crippen molar-refractivity contribution in [1.29, 1.82) is 0 Å². The van der Waals surface area contributed by atoms with Crippen molar-refractivity contribution in [3.63, 3.8) is 0 Å². The quantitative estimate of drug-likeness (QED) is 0.634. The fraction of sp³-hybridized carbons (Fsp3) is 0.560. The lowest BCUT2D eigenvalue weighted by molar-refractivity contribution is -0.145. The van der Waals surface area contributed by atoms with Gasteiger partial charge in [-0.15, -0.1) is 0 Å². The highest BCUT2D eigenvalue weighted by molar-refractivity contribution is 5.95. The van der Waals surface area contributed by atoms with Gasteiger partial charge in [0, 0.05) is 36.9 Å². The number of piperidine rings is 1. The highest BCUT2D eigenvalue weighted by atomic mass is 19.4. The number of hydrogen-bond donors (Lipinski definition) is 0. The zero-order valence-corrected chi connectivity index (χ0v) is 20.3. The number of carbonyl (C=O) groups excluding carboxylic acids is 1. The van der Waals surface area contributed by atoms with Gasteiger partial charge in [0.15, 0.2) is 11.5 Å². The summed E-state index contributed by atoms with van der Waals surface area (Å²) in [5, 5.41) is 0. The van der Waals surface area contributed by atoms with E-state index < -0.39 is 17.4 Å². The molecule has 2 aliphatic heterocycles. The minimum absolute atomic E-state index is 0.0296. The molecule has 0 saturated carbocycles. The molecule has 1 aromatic heterocycles. The first-order chi connectivity index (χ1) is 16.0. The van der Waals surface area contributed by atoms with Crippen LogP contribution in [0.25, 0.3) is 0 Å². The molecule has 1 spiro atoms. The number of halogens is 3. The van der Waals surface area contributed by atoms with Gasteiger partial charge in [-0.2, -0.15) is 13.2 Å². The molecule has 4 rings (SSSR count). The average Bonchev–Trinajstić information content (AvgIpc) is 3.22. The Morgan fingerprint density at radius 3 is 2.47 bits per heavy atom. The van der Waals surface area contributed by atoms with Crippen molar-refractivity contribution in [3.8, 4) is 11.5 Å². The highest BCUT2D eigenvalue weighted by Gasteiger charge is 2.49. The Hall–Kier alpha value is -2.68. The number of likely N-dealkylation sites (N-methyl/N-ethyl adjacent to an activating group) is 1. The summed E-state index contributed by atoms with van der Waals surface area (Å²) in [5.41, 5.74) is 0.0433. The van der Waals surface area contributed by atoms with E-state index in [1.807, 2.05) is 32.7 Å². The van der Waals surface area contributed by atoms with Crippen LogP contribution in [0.3, 0.4) is 0 Å². The van der Waals surface area contributed by atoms with E-state index in [2.05, 4.69) is 4.90 Å². The topological polar surface area (TPSA) is 46.9 Å². The van der Waals surface area contributed by atoms with Crippen LogP contribution in [0.1, 0.15) is 55.4 Å². The molecule has 2 atom stereocenters.